The van der Waals surface area contributed by atoms with Gasteiger partial charge in [0.25, 0.3) is 0 Å². The van der Waals surface area contributed by atoms with Gasteiger partial charge in [-0.2, -0.15) is 0 Å². The average molecular weight is 1620 g/mol. The Morgan fingerprint density at radius 1 is 0.169 bits per heavy atom. The van der Waals surface area contributed by atoms with Gasteiger partial charge in [-0.1, -0.05) is 370 Å². The van der Waals surface area contributed by atoms with Gasteiger partial charge in [-0.3, -0.25) is 0 Å². The first-order chi connectivity index (χ1) is 61.5. The highest BCUT2D eigenvalue weighted by Crippen LogP contribution is 2.48. The Hall–Kier alpha value is -15.7. The van der Waals surface area contributed by atoms with Crippen molar-refractivity contribution in [2.24, 2.45) is 0 Å². The zero-order valence-electron chi connectivity index (χ0n) is 67.8. The lowest BCUT2D eigenvalue weighted by Crippen LogP contribution is -2.10. The molecule has 4 nitrogen and oxygen atoms in total. The number of para-hydroxylation sites is 3. The second-order valence-corrected chi connectivity index (χ2v) is 33.1. The second-order valence-electron chi connectivity index (χ2n) is 31.0. The van der Waals surface area contributed by atoms with Gasteiger partial charge in [0, 0.05) is 108 Å². The molecule has 20 aromatic carbocycles. The van der Waals surface area contributed by atoms with Crippen LogP contribution >= 0.6 is 22.7 Å². The number of benzene rings is 20. The molecule has 0 unspecified atom stereocenters. The first-order valence-corrected chi connectivity index (χ1v) is 43.7. The van der Waals surface area contributed by atoms with E-state index in [0.29, 0.717) is 0 Å². The second kappa shape index (κ2) is 34.2. The third kappa shape index (κ3) is 15.2. The molecule has 0 saturated heterocycles. The molecule has 0 aliphatic carbocycles. The molecule has 0 aliphatic heterocycles. The predicted octanol–water partition coefficient (Wildman–Crippen LogP) is 34.9. The van der Waals surface area contributed by atoms with E-state index in [1.165, 1.54) is 118 Å². The van der Waals surface area contributed by atoms with Crippen LogP contribution in [0, 0.1) is 0 Å². The lowest BCUT2D eigenvalue weighted by Gasteiger charge is -2.27. The molecule has 0 aliphatic rings. The van der Waals surface area contributed by atoms with Crippen LogP contribution in [0.3, 0.4) is 0 Å². The van der Waals surface area contributed by atoms with Crippen LogP contribution in [0.1, 0.15) is 0 Å². The van der Waals surface area contributed by atoms with Crippen molar-refractivity contribution in [3.63, 3.8) is 0 Å². The van der Waals surface area contributed by atoms with E-state index >= 15 is 0 Å². The van der Waals surface area contributed by atoms with Crippen LogP contribution in [-0.2, 0) is 0 Å². The molecule has 0 radical (unpaired) electrons. The molecule has 124 heavy (non-hydrogen) atoms. The summed E-state index contributed by atoms with van der Waals surface area (Å²) in [6, 6.07) is 176. The maximum atomic E-state index is 6.35. The summed E-state index contributed by atoms with van der Waals surface area (Å²) in [5.41, 5.74) is 28.8. The fraction of sp³-hybridized carbons (Fsp3) is 0. The first kappa shape index (κ1) is 75.7. The largest absolute Gasteiger partial charge is 0.455 e. The first-order valence-electron chi connectivity index (χ1n) is 42.1. The molecule has 23 rings (SSSR count). The van der Waals surface area contributed by atoms with E-state index in [1.807, 2.05) is 40.9 Å². The molecule has 0 fully saturated rings. The Kier molecular flexibility index (Phi) is 20.9. The van der Waals surface area contributed by atoms with Gasteiger partial charge in [-0.05, 0) is 199 Å². The standard InChI is InChI=1S/C42H29NS.C40H27NS.C36H25NO/c1-3-11-30(12-4-1)32-21-25-35(26-22-32)43(36-27-23-33(24-28-36)31-13-5-2-6-14-31)37-16-9-15-34(29-37)38-18-10-19-40-39-17-7-8-20-41(39)44-42(38)40;1-2-11-28(12-3-1)29-23-25-32(26-24-29)41(38-21-9-14-30-13-4-5-17-34(30)38)33-16-8-15-31(27-33)35-19-10-20-37-36-18-6-7-22-39(36)42-40(35)37;1-3-11-26(12-4-1)27-21-23-30(24-22-27)37(29-14-5-2-6-15-29)31-16-9-13-28(25-31)32-18-10-19-34-33-17-7-8-20-35(33)38-36(32)34/h1-29H;1-27H;1-25H. The summed E-state index contributed by atoms with van der Waals surface area (Å²) in [4.78, 5) is 7.06. The van der Waals surface area contributed by atoms with Crippen LogP contribution in [0.15, 0.2) is 496 Å². The number of hydrogen-bond donors (Lipinski definition) is 0. The minimum atomic E-state index is 0.913. The van der Waals surface area contributed by atoms with Crippen LogP contribution in [0.25, 0.3) is 151 Å². The summed E-state index contributed by atoms with van der Waals surface area (Å²) in [7, 11) is 0. The number of fused-ring (bicyclic) bond motifs is 10. The van der Waals surface area contributed by atoms with Crippen molar-refractivity contribution in [1.29, 1.82) is 0 Å². The SMILES string of the molecule is c1ccc(-c2ccc(N(c3ccc(-c4ccccc4)cc3)c3cccc(-c4cccc5c4sc4ccccc45)c3)cc2)cc1.c1ccc(-c2ccc(N(c3cccc(-c4cccc5c4sc4ccccc45)c3)c3cccc4ccccc34)cc2)cc1.c1ccc(-c2ccc(N(c3ccccc3)c3cccc(-c4cccc5c4oc4ccccc45)c3)cc2)cc1. The Labute approximate surface area is 729 Å². The molecule has 23 aromatic rings. The fourth-order valence-corrected chi connectivity index (χ4v) is 19.9. The number of hydrogen-bond acceptors (Lipinski definition) is 6. The zero-order valence-corrected chi connectivity index (χ0v) is 69.5. The highest BCUT2D eigenvalue weighted by molar-refractivity contribution is 7.26. The Morgan fingerprint density at radius 3 is 0.895 bits per heavy atom. The molecule has 586 valence electrons. The van der Waals surface area contributed by atoms with E-state index in [2.05, 4.69) is 488 Å². The van der Waals surface area contributed by atoms with E-state index in [0.717, 1.165) is 84.3 Å². The monoisotopic (exact) mass is 1620 g/mol. The van der Waals surface area contributed by atoms with E-state index < -0.39 is 0 Å². The normalized spacial score (nSPS) is 11.2. The molecule has 0 saturated carbocycles. The van der Waals surface area contributed by atoms with Gasteiger partial charge in [0.15, 0.2) is 0 Å². The van der Waals surface area contributed by atoms with Crippen molar-refractivity contribution in [3.8, 4) is 77.9 Å². The molecule has 3 heterocycles. The Bertz CT molecular complexity index is 7610. The maximum Gasteiger partial charge on any atom is 0.143 e. The summed E-state index contributed by atoms with van der Waals surface area (Å²) in [5.74, 6) is 0. The highest BCUT2D eigenvalue weighted by Gasteiger charge is 2.22. The number of nitrogens with zero attached hydrogens (tertiary/aromatic N) is 3. The molecule has 0 spiro atoms. The van der Waals surface area contributed by atoms with Gasteiger partial charge in [0.1, 0.15) is 11.2 Å². The molecule has 3 aromatic heterocycles. The number of furan rings is 1. The van der Waals surface area contributed by atoms with E-state index in [-0.39, 0.29) is 0 Å². The summed E-state index contributed by atoms with van der Waals surface area (Å²) >= 11 is 3.75. The van der Waals surface area contributed by atoms with Crippen LogP contribution < -0.4 is 14.7 Å². The van der Waals surface area contributed by atoms with Crippen molar-refractivity contribution < 1.29 is 4.42 Å². The van der Waals surface area contributed by atoms with Crippen molar-refractivity contribution in [2.75, 3.05) is 14.7 Å². The summed E-state index contributed by atoms with van der Waals surface area (Å²) in [6.07, 6.45) is 0. The Balaban J connectivity index is 0.000000114. The van der Waals surface area contributed by atoms with Gasteiger partial charge in [-0.25, -0.2) is 0 Å². The van der Waals surface area contributed by atoms with Gasteiger partial charge in [-0.15, -0.1) is 22.7 Å². The molecular weight excluding hydrogens is 1540 g/mol. The third-order valence-electron chi connectivity index (χ3n) is 23.4. The summed E-state index contributed by atoms with van der Waals surface area (Å²) < 4.78 is 11.7. The number of thiophene rings is 2. The van der Waals surface area contributed by atoms with Crippen LogP contribution in [0.4, 0.5) is 51.2 Å². The van der Waals surface area contributed by atoms with Gasteiger partial charge < -0.3 is 19.1 Å². The molecule has 0 bridgehead atoms. The van der Waals surface area contributed by atoms with Crippen LogP contribution in [0.5, 0.6) is 0 Å². The lowest BCUT2D eigenvalue weighted by molar-refractivity contribution is 0.670. The highest BCUT2D eigenvalue weighted by atomic mass is 32.1. The molecule has 0 N–H and O–H groups in total. The minimum Gasteiger partial charge on any atom is -0.455 e. The Morgan fingerprint density at radius 2 is 0.452 bits per heavy atom. The molecule has 0 amide bonds. The van der Waals surface area contributed by atoms with E-state index in [1.54, 1.807) is 0 Å². The van der Waals surface area contributed by atoms with Gasteiger partial charge in [0.05, 0.1) is 5.69 Å². The van der Waals surface area contributed by atoms with Crippen molar-refractivity contribution in [1.82, 2.24) is 0 Å². The quantitative estimate of drug-likeness (QED) is 0.0962. The van der Waals surface area contributed by atoms with Crippen molar-refractivity contribution in [2.45, 2.75) is 0 Å². The van der Waals surface area contributed by atoms with Crippen LogP contribution in [0.2, 0.25) is 0 Å². The lowest BCUT2D eigenvalue weighted by atomic mass is 10.0. The zero-order chi connectivity index (χ0) is 82.5. The van der Waals surface area contributed by atoms with Gasteiger partial charge in [0.2, 0.25) is 0 Å². The molecule has 6 heteroatoms. The van der Waals surface area contributed by atoms with E-state index in [4.69, 9.17) is 4.42 Å². The van der Waals surface area contributed by atoms with Crippen molar-refractivity contribution >= 4 is 147 Å². The summed E-state index contributed by atoms with van der Waals surface area (Å²) in [5, 5.41) is 10.0. The minimum absolute atomic E-state index is 0.913. The maximum absolute atomic E-state index is 6.35. The van der Waals surface area contributed by atoms with E-state index in [9.17, 15) is 0 Å². The number of anilines is 9. The fourth-order valence-electron chi connectivity index (χ4n) is 17.4. The molecule has 0 atom stereocenters. The van der Waals surface area contributed by atoms with Gasteiger partial charge >= 0.3 is 0 Å². The number of rotatable bonds is 16. The smallest absolute Gasteiger partial charge is 0.143 e. The van der Waals surface area contributed by atoms with Crippen LogP contribution in [-0.4, -0.2) is 0 Å². The summed E-state index contributed by atoms with van der Waals surface area (Å²) in [6.45, 7) is 0. The van der Waals surface area contributed by atoms with Crippen molar-refractivity contribution in [3.05, 3.63) is 491 Å². The molecular formula is C118H81N3OS2. The topological polar surface area (TPSA) is 22.9 Å². The predicted molar refractivity (Wildman–Crippen MR) is 532 cm³/mol. The average Bonchev–Trinajstić information content (AvgIpc) is 1.25. The third-order valence-corrected chi connectivity index (χ3v) is 25.9.